The van der Waals surface area contributed by atoms with Crippen molar-refractivity contribution in [2.24, 2.45) is 0 Å². The molecule has 0 aliphatic carbocycles. The minimum atomic E-state index is -0.416. The van der Waals surface area contributed by atoms with Crippen LogP contribution < -0.4 is 21.5 Å². The highest BCUT2D eigenvalue weighted by atomic mass is 16.2. The van der Waals surface area contributed by atoms with Gasteiger partial charge in [-0.25, -0.2) is 0 Å². The lowest BCUT2D eigenvalue weighted by Crippen LogP contribution is -2.44. The van der Waals surface area contributed by atoms with Crippen LogP contribution in [0.15, 0.2) is 42.5 Å². The highest BCUT2D eigenvalue weighted by Crippen LogP contribution is 2.15. The highest BCUT2D eigenvalue weighted by Gasteiger charge is 2.08. The van der Waals surface area contributed by atoms with Crippen molar-refractivity contribution in [2.75, 3.05) is 11.9 Å². The molecule has 2 aromatic rings. The number of rotatable bonds is 6. The average molecular weight is 368 g/mol. The molecule has 142 valence electrons. The first kappa shape index (κ1) is 20.0. The highest BCUT2D eigenvalue weighted by molar-refractivity contribution is 5.95. The van der Waals surface area contributed by atoms with Gasteiger partial charge >= 0.3 is 0 Å². The van der Waals surface area contributed by atoms with E-state index in [1.165, 1.54) is 6.92 Å². The van der Waals surface area contributed by atoms with Gasteiger partial charge < -0.3 is 10.6 Å². The van der Waals surface area contributed by atoms with Gasteiger partial charge in [0.25, 0.3) is 11.8 Å². The van der Waals surface area contributed by atoms with Gasteiger partial charge in [0.2, 0.25) is 5.91 Å². The molecule has 4 N–H and O–H groups in total. The van der Waals surface area contributed by atoms with Crippen LogP contribution in [0.3, 0.4) is 0 Å². The van der Waals surface area contributed by atoms with Crippen LogP contribution in [0.25, 0.3) is 0 Å². The van der Waals surface area contributed by atoms with E-state index in [1.54, 1.807) is 24.3 Å². The molecule has 0 aromatic heterocycles. The van der Waals surface area contributed by atoms with Crippen LogP contribution in [0.2, 0.25) is 0 Å². The topological polar surface area (TPSA) is 99.3 Å². The van der Waals surface area contributed by atoms with Gasteiger partial charge in [-0.3, -0.25) is 25.2 Å². The van der Waals surface area contributed by atoms with Crippen molar-refractivity contribution in [1.82, 2.24) is 16.2 Å². The van der Waals surface area contributed by atoms with E-state index in [9.17, 15) is 14.4 Å². The van der Waals surface area contributed by atoms with E-state index in [2.05, 4.69) is 21.5 Å². The van der Waals surface area contributed by atoms with Crippen molar-refractivity contribution in [3.05, 3.63) is 64.7 Å². The summed E-state index contributed by atoms with van der Waals surface area (Å²) < 4.78 is 0. The van der Waals surface area contributed by atoms with Crippen LogP contribution in [0.5, 0.6) is 0 Å². The molecule has 7 heteroatoms. The lowest BCUT2D eigenvalue weighted by atomic mass is 10.1. The number of nitrogens with one attached hydrogen (secondary N) is 4. The minimum absolute atomic E-state index is 0.0415. The molecule has 0 aliphatic heterocycles. The zero-order valence-electron chi connectivity index (χ0n) is 15.7. The number of benzene rings is 2. The lowest BCUT2D eigenvalue weighted by molar-refractivity contribution is -0.120. The summed E-state index contributed by atoms with van der Waals surface area (Å²) in [6, 6.07) is 12.7. The van der Waals surface area contributed by atoms with Crippen LogP contribution in [-0.2, 0) is 16.1 Å². The van der Waals surface area contributed by atoms with Gasteiger partial charge in [-0.2, -0.15) is 0 Å². The third-order valence-electron chi connectivity index (χ3n) is 3.89. The van der Waals surface area contributed by atoms with Gasteiger partial charge in [0.15, 0.2) is 0 Å². The Morgan fingerprint density at radius 3 is 2.26 bits per heavy atom. The summed E-state index contributed by atoms with van der Waals surface area (Å²) in [7, 11) is 0. The molecular formula is C20H24N4O3. The second-order valence-corrected chi connectivity index (χ2v) is 6.28. The first-order valence-corrected chi connectivity index (χ1v) is 8.59. The number of hydrogen-bond donors (Lipinski definition) is 4. The maximum absolute atomic E-state index is 12.1. The number of aryl methyl sites for hydroxylation is 2. The largest absolute Gasteiger partial charge is 0.376 e. The van der Waals surface area contributed by atoms with Gasteiger partial charge in [0.05, 0.1) is 6.54 Å². The predicted molar refractivity (Wildman–Crippen MR) is 104 cm³/mol. The van der Waals surface area contributed by atoms with Gasteiger partial charge in [0.1, 0.15) is 0 Å². The van der Waals surface area contributed by atoms with Gasteiger partial charge in [-0.05, 0) is 43.2 Å². The first-order chi connectivity index (χ1) is 12.8. The van der Waals surface area contributed by atoms with Crippen molar-refractivity contribution < 1.29 is 14.4 Å². The summed E-state index contributed by atoms with van der Waals surface area (Å²) in [5.41, 5.74) is 9.11. The monoisotopic (exact) mass is 368 g/mol. The van der Waals surface area contributed by atoms with Crippen molar-refractivity contribution in [3.8, 4) is 0 Å². The summed E-state index contributed by atoms with van der Waals surface area (Å²) in [4.78, 5) is 34.9. The van der Waals surface area contributed by atoms with Crippen LogP contribution in [0, 0.1) is 13.8 Å². The summed E-state index contributed by atoms with van der Waals surface area (Å²) in [5, 5.41) is 5.72. The normalized spacial score (nSPS) is 10.0. The molecule has 0 unspecified atom stereocenters. The van der Waals surface area contributed by atoms with Gasteiger partial charge in [0, 0.05) is 24.7 Å². The fourth-order valence-corrected chi connectivity index (χ4v) is 2.43. The van der Waals surface area contributed by atoms with Crippen molar-refractivity contribution in [1.29, 1.82) is 0 Å². The molecule has 0 atom stereocenters. The molecule has 0 bridgehead atoms. The maximum Gasteiger partial charge on any atom is 0.269 e. The second kappa shape index (κ2) is 9.38. The third kappa shape index (κ3) is 6.47. The summed E-state index contributed by atoms with van der Waals surface area (Å²) >= 11 is 0. The Kier molecular flexibility index (Phi) is 6.93. The zero-order valence-corrected chi connectivity index (χ0v) is 15.7. The van der Waals surface area contributed by atoms with Crippen molar-refractivity contribution in [3.63, 3.8) is 0 Å². The number of anilines is 1. The fourth-order valence-electron chi connectivity index (χ4n) is 2.43. The van der Waals surface area contributed by atoms with Crippen molar-refractivity contribution in [2.45, 2.75) is 27.3 Å². The second-order valence-electron chi connectivity index (χ2n) is 6.28. The fraction of sp³-hybridized carbons (Fsp3) is 0.250. The molecule has 0 radical (unpaired) electrons. The Balaban J connectivity index is 1.78. The summed E-state index contributed by atoms with van der Waals surface area (Å²) in [6.45, 7) is 5.85. The first-order valence-electron chi connectivity index (χ1n) is 8.59. The zero-order chi connectivity index (χ0) is 19.8. The molecule has 3 amide bonds. The van der Waals surface area contributed by atoms with E-state index in [4.69, 9.17) is 0 Å². The quantitative estimate of drug-likeness (QED) is 0.585. The molecule has 27 heavy (non-hydrogen) atoms. The third-order valence-corrected chi connectivity index (χ3v) is 3.89. The van der Waals surface area contributed by atoms with Gasteiger partial charge in [-0.1, -0.05) is 29.8 Å². The van der Waals surface area contributed by atoms with E-state index in [1.807, 2.05) is 32.0 Å². The Hall–Kier alpha value is -3.35. The van der Waals surface area contributed by atoms with Crippen LogP contribution in [0.1, 0.15) is 34.0 Å². The number of carbonyl (C=O) groups is 3. The molecule has 2 rings (SSSR count). The number of amides is 3. The average Bonchev–Trinajstić information content (AvgIpc) is 2.64. The van der Waals surface area contributed by atoms with E-state index in [0.717, 1.165) is 22.4 Å². The number of hydrogen-bond acceptors (Lipinski definition) is 4. The van der Waals surface area contributed by atoms with E-state index in [0.29, 0.717) is 12.1 Å². The van der Waals surface area contributed by atoms with E-state index < -0.39 is 5.91 Å². The SMILES string of the molecule is CC(=O)NCc1ccc(C(=O)NNC(=O)CNc2ccc(C)cc2C)cc1. The molecule has 0 heterocycles. The minimum Gasteiger partial charge on any atom is -0.376 e. The molecule has 0 saturated heterocycles. The van der Waals surface area contributed by atoms with Crippen LogP contribution >= 0.6 is 0 Å². The molecule has 2 aromatic carbocycles. The van der Waals surface area contributed by atoms with Crippen LogP contribution in [0.4, 0.5) is 5.69 Å². The molecular weight excluding hydrogens is 344 g/mol. The van der Waals surface area contributed by atoms with Crippen molar-refractivity contribution >= 4 is 23.4 Å². The Labute approximate surface area is 158 Å². The lowest BCUT2D eigenvalue weighted by Gasteiger charge is -2.11. The Bertz CT molecular complexity index is 832. The van der Waals surface area contributed by atoms with Gasteiger partial charge in [-0.15, -0.1) is 0 Å². The number of hydrazine groups is 1. The maximum atomic E-state index is 12.1. The van der Waals surface area contributed by atoms with E-state index >= 15 is 0 Å². The predicted octanol–water partition coefficient (Wildman–Crippen LogP) is 1.81. The smallest absolute Gasteiger partial charge is 0.269 e. The molecule has 0 spiro atoms. The molecule has 0 aliphatic rings. The standard InChI is InChI=1S/C20H24N4O3/c1-13-4-9-18(14(2)10-13)22-12-19(26)23-24-20(27)17-7-5-16(6-8-17)11-21-15(3)25/h4-10,22H,11-12H2,1-3H3,(H,21,25)(H,23,26)(H,24,27). The summed E-state index contributed by atoms with van der Waals surface area (Å²) in [5.74, 6) is -0.888. The molecule has 7 nitrogen and oxygen atoms in total. The molecule has 0 saturated carbocycles. The number of carbonyl (C=O) groups excluding carboxylic acids is 3. The van der Waals surface area contributed by atoms with Crippen LogP contribution in [-0.4, -0.2) is 24.3 Å². The Morgan fingerprint density at radius 1 is 0.926 bits per heavy atom. The molecule has 0 fully saturated rings. The van der Waals surface area contributed by atoms with E-state index in [-0.39, 0.29) is 18.4 Å². The summed E-state index contributed by atoms with van der Waals surface area (Å²) in [6.07, 6.45) is 0. The Morgan fingerprint density at radius 2 is 1.63 bits per heavy atom.